The average Bonchev–Trinajstić information content (AvgIpc) is 3.29. The smallest absolute Gasteiger partial charge is 0.0184 e. The van der Waals surface area contributed by atoms with E-state index in [0.717, 1.165) is 5.92 Å². The normalized spacial score (nSPS) is 20.9. The quantitative estimate of drug-likeness (QED) is 0.593. The monoisotopic (exact) mass is 304 g/mol. The van der Waals surface area contributed by atoms with Crippen LogP contribution in [0.5, 0.6) is 0 Å². The van der Waals surface area contributed by atoms with E-state index in [9.17, 15) is 0 Å². The van der Waals surface area contributed by atoms with Crippen molar-refractivity contribution in [3.63, 3.8) is 0 Å². The summed E-state index contributed by atoms with van der Waals surface area (Å²) in [5, 5.41) is 0. The van der Waals surface area contributed by atoms with Crippen LogP contribution in [-0.2, 0) is 6.42 Å². The first-order valence-corrected chi connectivity index (χ1v) is 9.50. The second-order valence-corrected chi connectivity index (χ2v) is 7.79. The van der Waals surface area contributed by atoms with E-state index in [1.807, 2.05) is 0 Å². The van der Waals surface area contributed by atoms with Crippen molar-refractivity contribution in [2.45, 2.75) is 57.8 Å². The van der Waals surface area contributed by atoms with E-state index in [1.165, 1.54) is 68.9 Å². The van der Waals surface area contributed by atoms with E-state index in [4.69, 9.17) is 0 Å². The Labute approximate surface area is 140 Å². The molecule has 23 heavy (non-hydrogen) atoms. The van der Waals surface area contributed by atoms with E-state index in [2.05, 4.69) is 54.6 Å². The maximum absolute atomic E-state index is 2.39. The fourth-order valence-electron chi connectivity index (χ4n) is 5.20. The summed E-state index contributed by atoms with van der Waals surface area (Å²) in [5.41, 5.74) is 4.85. The van der Waals surface area contributed by atoms with Gasteiger partial charge in [-0.1, -0.05) is 80.3 Å². The fraction of sp³-hybridized carbons (Fsp3) is 0.478. The number of hydrogen-bond donors (Lipinski definition) is 0. The van der Waals surface area contributed by atoms with E-state index < -0.39 is 0 Å². The summed E-state index contributed by atoms with van der Waals surface area (Å²) < 4.78 is 0. The van der Waals surface area contributed by atoms with Crippen LogP contribution in [0.2, 0.25) is 0 Å². The topological polar surface area (TPSA) is 0 Å². The van der Waals surface area contributed by atoms with Crippen LogP contribution in [0.4, 0.5) is 0 Å². The average molecular weight is 304 g/mol. The molecule has 0 unspecified atom stereocenters. The maximum Gasteiger partial charge on any atom is -0.0184 e. The summed E-state index contributed by atoms with van der Waals surface area (Å²) in [4.78, 5) is 0. The van der Waals surface area contributed by atoms with Crippen molar-refractivity contribution >= 4 is 0 Å². The van der Waals surface area contributed by atoms with Gasteiger partial charge in [0.05, 0.1) is 0 Å². The summed E-state index contributed by atoms with van der Waals surface area (Å²) in [6, 6.07) is 20.1. The fourth-order valence-corrected chi connectivity index (χ4v) is 5.20. The van der Waals surface area contributed by atoms with Gasteiger partial charge in [-0.3, -0.25) is 0 Å². The molecule has 0 saturated heterocycles. The Kier molecular flexibility index (Phi) is 4.25. The minimum atomic E-state index is 0.630. The predicted molar refractivity (Wildman–Crippen MR) is 98.4 cm³/mol. The van der Waals surface area contributed by atoms with E-state index in [-0.39, 0.29) is 0 Å². The predicted octanol–water partition coefficient (Wildman–Crippen LogP) is 6.65. The second-order valence-electron chi connectivity index (χ2n) is 7.79. The molecule has 2 fully saturated rings. The first-order chi connectivity index (χ1) is 11.4. The van der Waals surface area contributed by atoms with Crippen LogP contribution in [0.15, 0.2) is 54.6 Å². The van der Waals surface area contributed by atoms with Gasteiger partial charge in [-0.25, -0.2) is 0 Å². The van der Waals surface area contributed by atoms with Crippen molar-refractivity contribution in [3.8, 4) is 11.1 Å². The molecule has 2 aliphatic carbocycles. The molecule has 0 N–H and O–H groups in total. The van der Waals surface area contributed by atoms with Crippen molar-refractivity contribution in [2.24, 2.45) is 11.3 Å². The van der Waals surface area contributed by atoms with Crippen molar-refractivity contribution in [3.05, 3.63) is 60.2 Å². The van der Waals surface area contributed by atoms with Gasteiger partial charge in [0.15, 0.2) is 0 Å². The molecule has 0 aromatic heterocycles. The second kappa shape index (κ2) is 6.51. The molecular formula is C23H28. The highest BCUT2D eigenvalue weighted by atomic mass is 14.5. The van der Waals surface area contributed by atoms with Crippen LogP contribution >= 0.6 is 0 Å². The molecule has 0 spiro atoms. The van der Waals surface area contributed by atoms with Gasteiger partial charge in [0, 0.05) is 0 Å². The minimum Gasteiger partial charge on any atom is -0.0622 e. The highest BCUT2D eigenvalue weighted by molar-refractivity contribution is 5.63. The largest absolute Gasteiger partial charge is 0.0622 e. The molecule has 0 heteroatoms. The molecule has 0 atom stereocenters. The number of rotatable bonds is 4. The third-order valence-corrected chi connectivity index (χ3v) is 6.44. The van der Waals surface area contributed by atoms with Crippen molar-refractivity contribution in [2.75, 3.05) is 0 Å². The molecule has 4 rings (SSSR count). The van der Waals surface area contributed by atoms with Crippen LogP contribution in [0, 0.1) is 11.3 Å². The zero-order valence-corrected chi connectivity index (χ0v) is 14.1. The molecule has 0 aliphatic heterocycles. The molecular weight excluding hydrogens is 276 g/mol. The molecule has 0 bridgehead atoms. The van der Waals surface area contributed by atoms with Gasteiger partial charge < -0.3 is 0 Å². The first-order valence-electron chi connectivity index (χ1n) is 9.50. The lowest BCUT2D eigenvalue weighted by Gasteiger charge is -2.36. The Morgan fingerprint density at radius 2 is 1.30 bits per heavy atom. The number of benzene rings is 2. The van der Waals surface area contributed by atoms with Gasteiger partial charge in [-0.05, 0) is 60.1 Å². The molecule has 2 aliphatic rings. The van der Waals surface area contributed by atoms with E-state index in [1.54, 1.807) is 5.56 Å². The third-order valence-electron chi connectivity index (χ3n) is 6.44. The minimum absolute atomic E-state index is 0.630. The summed E-state index contributed by atoms with van der Waals surface area (Å²) in [7, 11) is 0. The Bertz CT molecular complexity index is 611. The van der Waals surface area contributed by atoms with Crippen LogP contribution < -0.4 is 0 Å². The zero-order valence-electron chi connectivity index (χ0n) is 14.1. The van der Waals surface area contributed by atoms with Crippen LogP contribution in [0.1, 0.15) is 56.9 Å². The van der Waals surface area contributed by atoms with Gasteiger partial charge in [-0.2, -0.15) is 0 Å². The van der Waals surface area contributed by atoms with Crippen LogP contribution in [0.25, 0.3) is 11.1 Å². The zero-order chi connectivity index (χ0) is 15.5. The highest BCUT2D eigenvalue weighted by Gasteiger charge is 2.41. The highest BCUT2D eigenvalue weighted by Crippen LogP contribution is 2.52. The van der Waals surface area contributed by atoms with Crippen LogP contribution in [0.3, 0.4) is 0 Å². The van der Waals surface area contributed by atoms with Crippen LogP contribution in [-0.4, -0.2) is 0 Å². The van der Waals surface area contributed by atoms with Gasteiger partial charge in [0.2, 0.25) is 0 Å². The lowest BCUT2D eigenvalue weighted by Crippen LogP contribution is -2.28. The van der Waals surface area contributed by atoms with E-state index in [0.29, 0.717) is 5.41 Å². The Morgan fingerprint density at radius 3 is 1.96 bits per heavy atom. The standard InChI is InChI=1S/C23H28/c1-2-8-20(9-3-1)21-14-12-19(13-15-21)18-23(16-6-7-17-23)22-10-4-5-11-22/h1-3,8-9,12-15,22H,4-7,10-11,16-18H2. The molecule has 2 aromatic carbocycles. The van der Waals surface area contributed by atoms with Gasteiger partial charge >= 0.3 is 0 Å². The Balaban J connectivity index is 1.53. The summed E-state index contributed by atoms with van der Waals surface area (Å²) in [6.07, 6.45) is 13.1. The van der Waals surface area contributed by atoms with Gasteiger partial charge in [0.1, 0.15) is 0 Å². The SMILES string of the molecule is c1ccc(-c2ccc(CC3(C4CCCC4)CCCC3)cc2)cc1. The Morgan fingerprint density at radius 1 is 0.696 bits per heavy atom. The molecule has 0 nitrogen and oxygen atoms in total. The molecule has 2 aromatic rings. The first kappa shape index (κ1) is 15.0. The lowest BCUT2D eigenvalue weighted by molar-refractivity contribution is 0.168. The van der Waals surface area contributed by atoms with Gasteiger partial charge in [0.25, 0.3) is 0 Å². The molecule has 120 valence electrons. The Hall–Kier alpha value is -1.56. The molecule has 0 amide bonds. The lowest BCUT2D eigenvalue weighted by atomic mass is 9.69. The van der Waals surface area contributed by atoms with E-state index >= 15 is 0 Å². The van der Waals surface area contributed by atoms with Crippen molar-refractivity contribution in [1.82, 2.24) is 0 Å². The van der Waals surface area contributed by atoms with Crippen molar-refractivity contribution < 1.29 is 0 Å². The molecule has 0 radical (unpaired) electrons. The summed E-state index contributed by atoms with van der Waals surface area (Å²) in [6.45, 7) is 0. The van der Waals surface area contributed by atoms with Crippen molar-refractivity contribution in [1.29, 1.82) is 0 Å². The molecule has 0 heterocycles. The maximum atomic E-state index is 2.39. The summed E-state index contributed by atoms with van der Waals surface area (Å²) >= 11 is 0. The number of hydrogen-bond acceptors (Lipinski definition) is 0. The third kappa shape index (κ3) is 3.09. The molecule has 2 saturated carbocycles. The summed E-state index contributed by atoms with van der Waals surface area (Å²) in [5.74, 6) is 0.999. The van der Waals surface area contributed by atoms with Gasteiger partial charge in [-0.15, -0.1) is 0 Å².